The van der Waals surface area contributed by atoms with Crippen molar-refractivity contribution in [3.63, 3.8) is 0 Å². The molecule has 0 fully saturated rings. The summed E-state index contributed by atoms with van der Waals surface area (Å²) in [6, 6.07) is 7.88. The van der Waals surface area contributed by atoms with Gasteiger partial charge in [-0.25, -0.2) is 10.2 Å². The van der Waals surface area contributed by atoms with Crippen LogP contribution in [0.25, 0.3) is 10.4 Å². The van der Waals surface area contributed by atoms with Crippen molar-refractivity contribution in [1.82, 2.24) is 5.43 Å². The molecule has 0 aliphatic heterocycles. The number of nitrogens with one attached hydrogen (secondary N) is 1. The number of hydrazone groups is 1. The van der Waals surface area contributed by atoms with Crippen LogP contribution in [0.3, 0.4) is 0 Å². The van der Waals surface area contributed by atoms with Crippen LogP contribution in [0.15, 0.2) is 46.9 Å². The van der Waals surface area contributed by atoms with Crippen molar-refractivity contribution in [1.29, 1.82) is 0 Å². The van der Waals surface area contributed by atoms with E-state index < -0.39 is 34.0 Å². The van der Waals surface area contributed by atoms with Gasteiger partial charge < -0.3 is 9.84 Å². The second-order valence-electron chi connectivity index (χ2n) is 6.96. The van der Waals surface area contributed by atoms with Crippen LogP contribution < -0.4 is 10.2 Å². The van der Waals surface area contributed by atoms with Crippen molar-refractivity contribution in [2.45, 2.75) is 13.8 Å². The van der Waals surface area contributed by atoms with Gasteiger partial charge in [-0.05, 0) is 36.8 Å². The summed E-state index contributed by atoms with van der Waals surface area (Å²) < 4.78 is 5.40. The van der Waals surface area contributed by atoms with E-state index in [0.29, 0.717) is 26.0 Å². The maximum absolute atomic E-state index is 12.5. The lowest BCUT2D eigenvalue weighted by Crippen LogP contribution is -2.20. The first kappa shape index (κ1) is 25.8. The molecular weight excluding hydrogens is 521 g/mol. The van der Waals surface area contributed by atoms with E-state index in [4.69, 9.17) is 33.0 Å². The molecule has 0 atom stereocenters. The molecule has 1 heterocycles. The summed E-state index contributed by atoms with van der Waals surface area (Å²) in [5, 5.41) is 26.6. The van der Waals surface area contributed by atoms with Crippen LogP contribution in [0.1, 0.15) is 40.1 Å². The monoisotopic (exact) mass is 535 g/mol. The van der Waals surface area contributed by atoms with Gasteiger partial charge in [-0.2, -0.15) is 5.10 Å². The lowest BCUT2D eigenvalue weighted by Gasteiger charge is -2.08. The molecule has 3 aromatic rings. The summed E-state index contributed by atoms with van der Waals surface area (Å²) in [4.78, 5) is 46.2. The number of carbonyl (C=O) groups is 3. The van der Waals surface area contributed by atoms with Gasteiger partial charge in [0.25, 0.3) is 11.6 Å². The van der Waals surface area contributed by atoms with Gasteiger partial charge in [-0.1, -0.05) is 29.3 Å². The Hall–Kier alpha value is -3.80. The fourth-order valence-electron chi connectivity index (χ4n) is 2.94. The van der Waals surface area contributed by atoms with Crippen molar-refractivity contribution in [3.05, 3.63) is 78.6 Å². The normalized spacial score (nSPS) is 11.1. The van der Waals surface area contributed by atoms with Crippen LogP contribution >= 0.6 is 34.5 Å². The smallest absolute Gasteiger partial charge is 0.342 e. The van der Waals surface area contributed by atoms with Crippen molar-refractivity contribution < 1.29 is 29.2 Å². The minimum absolute atomic E-state index is 0.166. The molecule has 0 unspecified atom stereocenters. The lowest BCUT2D eigenvalue weighted by molar-refractivity contribution is -0.385. The maximum atomic E-state index is 12.5. The second-order valence-corrected chi connectivity index (χ2v) is 8.66. The molecule has 2 N–H and O–H groups in total. The molecule has 0 aliphatic carbocycles. The third kappa shape index (κ3) is 5.83. The topological polar surface area (TPSA) is 148 Å². The van der Waals surface area contributed by atoms with Crippen molar-refractivity contribution >= 4 is 63.8 Å². The number of nitro groups is 1. The highest BCUT2D eigenvalue weighted by Crippen LogP contribution is 2.41. The Balaban J connectivity index is 1.93. The number of carboxylic acid groups (broad SMARTS) is 1. The standard InChI is InChI=1S/C22H15Cl2N3O7S/c1-10(25-26-21(29)13-3-5-14(22(30)31)18(8-13)27(32)33)15-9-35-20(19(15)34-11(2)28)12-4-6-16(23)17(24)7-12/h3-9H,1-2H3,(H,26,29)(H,30,31)/b25-10-. The van der Waals surface area contributed by atoms with Crippen LogP contribution in [-0.4, -0.2) is 33.6 Å². The molecule has 13 heteroatoms. The zero-order valence-corrected chi connectivity index (χ0v) is 20.3. The third-order valence-corrected chi connectivity index (χ3v) is 6.32. The van der Waals surface area contributed by atoms with Gasteiger partial charge in [0, 0.05) is 23.9 Å². The first-order chi connectivity index (χ1) is 16.5. The number of nitro benzene ring substituents is 1. The van der Waals surface area contributed by atoms with Crippen LogP contribution in [0.2, 0.25) is 10.0 Å². The molecule has 10 nitrogen and oxygen atoms in total. The van der Waals surface area contributed by atoms with Gasteiger partial charge in [-0.15, -0.1) is 11.3 Å². The average molecular weight is 536 g/mol. The summed E-state index contributed by atoms with van der Waals surface area (Å²) in [7, 11) is 0. The summed E-state index contributed by atoms with van der Waals surface area (Å²) >= 11 is 13.3. The Morgan fingerprint density at radius 2 is 1.80 bits per heavy atom. The van der Waals surface area contributed by atoms with Gasteiger partial charge >= 0.3 is 11.9 Å². The number of rotatable bonds is 7. The number of aromatic carboxylic acids is 1. The van der Waals surface area contributed by atoms with Gasteiger partial charge in [0.15, 0.2) is 5.75 Å². The zero-order valence-electron chi connectivity index (χ0n) is 18.0. The fourth-order valence-corrected chi connectivity index (χ4v) is 4.28. The predicted molar refractivity (Wildman–Crippen MR) is 131 cm³/mol. The van der Waals surface area contributed by atoms with Gasteiger partial charge in [0.2, 0.25) is 0 Å². The Kier molecular flexibility index (Phi) is 7.85. The molecule has 3 rings (SSSR count). The first-order valence-electron chi connectivity index (χ1n) is 9.61. The lowest BCUT2D eigenvalue weighted by atomic mass is 10.1. The van der Waals surface area contributed by atoms with E-state index in [1.807, 2.05) is 0 Å². The molecule has 0 saturated carbocycles. The summed E-state index contributed by atoms with van der Waals surface area (Å²) in [5.74, 6) is -2.67. The second kappa shape index (κ2) is 10.6. The number of halogens is 2. The maximum Gasteiger partial charge on any atom is 0.342 e. The van der Waals surface area contributed by atoms with Gasteiger partial charge in [0.1, 0.15) is 5.56 Å². The van der Waals surface area contributed by atoms with Gasteiger partial charge in [0.05, 0.1) is 31.1 Å². The van der Waals surface area contributed by atoms with Crippen molar-refractivity contribution in [3.8, 4) is 16.2 Å². The molecule has 180 valence electrons. The molecule has 0 saturated heterocycles. The van der Waals surface area contributed by atoms with E-state index >= 15 is 0 Å². The Morgan fingerprint density at radius 3 is 2.40 bits per heavy atom. The highest BCUT2D eigenvalue weighted by atomic mass is 35.5. The van der Waals surface area contributed by atoms with Crippen LogP contribution in [-0.2, 0) is 4.79 Å². The quantitative estimate of drug-likeness (QED) is 0.178. The molecule has 2 aromatic carbocycles. The fraction of sp³-hybridized carbons (Fsp3) is 0.0909. The molecular formula is C22H15Cl2N3O7S. The van der Waals surface area contributed by atoms with Gasteiger partial charge in [-0.3, -0.25) is 19.7 Å². The molecule has 0 aliphatic rings. The van der Waals surface area contributed by atoms with E-state index in [2.05, 4.69) is 10.5 Å². The number of carbonyl (C=O) groups excluding carboxylic acids is 2. The highest BCUT2D eigenvalue weighted by Gasteiger charge is 2.23. The molecule has 0 spiro atoms. The van der Waals surface area contributed by atoms with E-state index in [1.54, 1.807) is 30.5 Å². The zero-order chi connectivity index (χ0) is 25.9. The highest BCUT2D eigenvalue weighted by molar-refractivity contribution is 7.14. The van der Waals surface area contributed by atoms with Crippen molar-refractivity contribution in [2.75, 3.05) is 0 Å². The molecule has 1 aromatic heterocycles. The molecule has 0 bridgehead atoms. The van der Waals surface area contributed by atoms with Crippen LogP contribution in [0.5, 0.6) is 5.75 Å². The minimum Gasteiger partial charge on any atom is -0.477 e. The Morgan fingerprint density at radius 1 is 1.09 bits per heavy atom. The molecule has 35 heavy (non-hydrogen) atoms. The number of amides is 1. The van der Waals surface area contributed by atoms with E-state index in [0.717, 1.165) is 18.2 Å². The number of hydrogen-bond donors (Lipinski definition) is 2. The first-order valence-corrected chi connectivity index (χ1v) is 11.2. The van der Waals surface area contributed by atoms with Crippen molar-refractivity contribution in [2.24, 2.45) is 5.10 Å². The number of ether oxygens (including phenoxy) is 1. The number of hydrogen-bond acceptors (Lipinski definition) is 8. The summed E-state index contributed by atoms with van der Waals surface area (Å²) in [5.41, 5.74) is 2.15. The number of benzene rings is 2. The molecule has 1 amide bonds. The average Bonchev–Trinajstić information content (AvgIpc) is 3.21. The summed E-state index contributed by atoms with van der Waals surface area (Å²) in [6.45, 7) is 2.80. The van der Waals surface area contributed by atoms with Crippen LogP contribution in [0.4, 0.5) is 5.69 Å². The molecule has 0 radical (unpaired) electrons. The largest absolute Gasteiger partial charge is 0.477 e. The predicted octanol–water partition coefficient (Wildman–Crippen LogP) is 5.41. The number of thiophene rings is 1. The number of esters is 1. The Labute approximate surface area is 211 Å². The summed E-state index contributed by atoms with van der Waals surface area (Å²) in [6.07, 6.45) is 0. The number of nitrogens with zero attached hydrogens (tertiary/aromatic N) is 2. The van der Waals surface area contributed by atoms with E-state index in [-0.39, 0.29) is 17.0 Å². The minimum atomic E-state index is -1.49. The third-order valence-electron chi connectivity index (χ3n) is 4.58. The van der Waals surface area contributed by atoms with Crippen LogP contribution in [0, 0.1) is 10.1 Å². The SMILES string of the molecule is CC(=O)Oc1c(/C(C)=N\NC(=O)c2ccc(C(=O)O)c([N+](=O)[O-])c2)csc1-c1ccc(Cl)c(Cl)c1. The number of carboxylic acids is 1. The van der Waals surface area contributed by atoms with E-state index in [9.17, 15) is 24.5 Å². The van der Waals surface area contributed by atoms with E-state index in [1.165, 1.54) is 18.3 Å². The Bertz CT molecular complexity index is 1400.